The predicted molar refractivity (Wildman–Crippen MR) is 146 cm³/mol. The predicted octanol–water partition coefficient (Wildman–Crippen LogP) is 6.91. The second kappa shape index (κ2) is 10.8. The molecule has 0 spiro atoms. The summed E-state index contributed by atoms with van der Waals surface area (Å²) in [4.78, 5) is 10.9. The molecule has 2 heterocycles. The van der Waals surface area contributed by atoms with Crippen LogP contribution in [0.15, 0.2) is 79.0 Å². The van der Waals surface area contributed by atoms with Gasteiger partial charge in [-0.05, 0) is 89.4 Å². The van der Waals surface area contributed by atoms with Crippen molar-refractivity contribution in [3.63, 3.8) is 0 Å². The van der Waals surface area contributed by atoms with Crippen molar-refractivity contribution in [1.29, 1.82) is 0 Å². The van der Waals surface area contributed by atoms with E-state index in [9.17, 15) is 9.90 Å². The van der Waals surface area contributed by atoms with E-state index in [-0.39, 0.29) is 12.0 Å². The van der Waals surface area contributed by atoms with Crippen molar-refractivity contribution in [2.75, 3.05) is 6.61 Å². The van der Waals surface area contributed by atoms with Crippen molar-refractivity contribution < 1.29 is 19.7 Å². The van der Waals surface area contributed by atoms with Crippen molar-refractivity contribution >= 4 is 34.1 Å². The molecule has 4 aromatic rings. The summed E-state index contributed by atoms with van der Waals surface area (Å²) in [6.07, 6.45) is 8.59. The molecule has 6 nitrogen and oxygen atoms in total. The number of fused-ring (bicyclic) bond motifs is 1. The maximum Gasteiger partial charge on any atom is 0.328 e. The van der Waals surface area contributed by atoms with Gasteiger partial charge in [-0.3, -0.25) is 0 Å². The molecule has 1 saturated heterocycles. The van der Waals surface area contributed by atoms with Gasteiger partial charge in [-0.1, -0.05) is 49.4 Å². The summed E-state index contributed by atoms with van der Waals surface area (Å²) in [5.74, 6) is -0.744. The molecule has 6 heteroatoms. The van der Waals surface area contributed by atoms with Crippen LogP contribution in [-0.2, 0) is 9.53 Å². The Labute approximate surface area is 216 Å². The van der Waals surface area contributed by atoms with Gasteiger partial charge in [0.25, 0.3) is 0 Å². The number of carboxylic acids is 1. The van der Waals surface area contributed by atoms with E-state index in [1.54, 1.807) is 18.2 Å². The average molecular weight is 495 g/mol. The second-order valence-corrected chi connectivity index (χ2v) is 9.23. The number of carboxylic acid groups (broad SMARTS) is 1. The molecule has 2 N–H and O–H groups in total. The number of benzene rings is 3. The van der Waals surface area contributed by atoms with E-state index in [2.05, 4.69) is 30.2 Å². The minimum atomic E-state index is -0.974. The van der Waals surface area contributed by atoms with Crippen molar-refractivity contribution in [2.24, 2.45) is 0 Å². The van der Waals surface area contributed by atoms with Gasteiger partial charge in [-0.2, -0.15) is 5.10 Å². The number of aromatic hydroxyl groups is 1. The van der Waals surface area contributed by atoms with E-state index >= 15 is 0 Å². The molecule has 0 bridgehead atoms. The van der Waals surface area contributed by atoms with Crippen LogP contribution >= 0.6 is 0 Å². The zero-order valence-electron chi connectivity index (χ0n) is 20.8. The van der Waals surface area contributed by atoms with E-state index in [0.717, 1.165) is 82.7 Å². The molecule has 37 heavy (non-hydrogen) atoms. The lowest BCUT2D eigenvalue weighted by Crippen LogP contribution is -2.18. The van der Waals surface area contributed by atoms with Crippen LogP contribution in [0.1, 0.15) is 61.1 Å². The van der Waals surface area contributed by atoms with Gasteiger partial charge in [-0.25, -0.2) is 9.48 Å². The highest BCUT2D eigenvalue weighted by Gasteiger charge is 2.20. The molecule has 188 valence electrons. The number of carbonyl (C=O) groups is 1. The molecule has 5 rings (SSSR count). The Hall–Kier alpha value is -4.16. The lowest BCUT2D eigenvalue weighted by atomic mass is 9.87. The standard InChI is InChI=1S/C31H30N2O4/c1-2-27(22-11-14-26(34)15-12-22)31(23-9-6-21(7-10-23)8-17-30(35)36)24-13-16-28-25(19-24)20-32-33(28)29-5-3-4-18-37-29/h6-17,19-20,29,34H,2-5,18H2,1H3,(H,35,36)/b17-8?,31-27+. The number of hydrogen-bond acceptors (Lipinski definition) is 4. The maximum atomic E-state index is 10.9. The molecule has 1 atom stereocenters. The van der Waals surface area contributed by atoms with Crippen LogP contribution in [0.3, 0.4) is 0 Å². The smallest absolute Gasteiger partial charge is 0.328 e. The second-order valence-electron chi connectivity index (χ2n) is 9.23. The number of aliphatic carboxylic acids is 1. The maximum absolute atomic E-state index is 10.9. The average Bonchev–Trinajstić information content (AvgIpc) is 3.35. The minimum absolute atomic E-state index is 0.0262. The van der Waals surface area contributed by atoms with Crippen molar-refractivity contribution in [3.8, 4) is 5.75 Å². The highest BCUT2D eigenvalue weighted by atomic mass is 16.5. The Morgan fingerprint density at radius 1 is 1.03 bits per heavy atom. The summed E-state index contributed by atoms with van der Waals surface area (Å²) in [6, 6.07) is 21.6. The number of allylic oxidation sites excluding steroid dienone is 1. The first-order chi connectivity index (χ1) is 18.0. The third-order valence-electron chi connectivity index (χ3n) is 6.80. The first-order valence-corrected chi connectivity index (χ1v) is 12.7. The molecule has 3 aromatic carbocycles. The highest BCUT2D eigenvalue weighted by Crippen LogP contribution is 2.37. The van der Waals surface area contributed by atoms with Gasteiger partial charge < -0.3 is 14.9 Å². The fourth-order valence-corrected chi connectivity index (χ4v) is 4.99. The van der Waals surface area contributed by atoms with Crippen molar-refractivity contribution in [3.05, 3.63) is 101 Å². The van der Waals surface area contributed by atoms with Crippen LogP contribution in [-0.4, -0.2) is 32.6 Å². The quantitative estimate of drug-likeness (QED) is 0.215. The van der Waals surface area contributed by atoms with Crippen molar-refractivity contribution in [1.82, 2.24) is 9.78 Å². The molecule has 0 radical (unpaired) electrons. The SMILES string of the molecule is CC/C(=C(/c1ccc(C=CC(=O)O)cc1)c1ccc2c(cnn2C2CCCCO2)c1)c1ccc(O)cc1. The Morgan fingerprint density at radius 3 is 2.43 bits per heavy atom. The molecular formula is C31H30N2O4. The molecule has 1 unspecified atom stereocenters. The molecule has 0 aliphatic carbocycles. The Balaban J connectivity index is 1.62. The number of ether oxygens (including phenoxy) is 1. The minimum Gasteiger partial charge on any atom is -0.508 e. The van der Waals surface area contributed by atoms with Crippen LogP contribution in [0.25, 0.3) is 28.1 Å². The third kappa shape index (κ3) is 5.34. The van der Waals surface area contributed by atoms with Gasteiger partial charge >= 0.3 is 5.97 Å². The van der Waals surface area contributed by atoms with E-state index < -0.39 is 5.97 Å². The molecule has 1 aliphatic rings. The molecule has 1 fully saturated rings. The summed E-state index contributed by atoms with van der Waals surface area (Å²) in [5.41, 5.74) is 7.23. The molecule has 1 aliphatic heterocycles. The third-order valence-corrected chi connectivity index (χ3v) is 6.80. The molecule has 0 saturated carbocycles. The topological polar surface area (TPSA) is 84.6 Å². The molecule has 0 amide bonds. The zero-order chi connectivity index (χ0) is 25.8. The number of phenols is 1. The van der Waals surface area contributed by atoms with Gasteiger partial charge in [0.05, 0.1) is 11.7 Å². The van der Waals surface area contributed by atoms with Crippen LogP contribution in [0, 0.1) is 0 Å². The lowest BCUT2D eigenvalue weighted by molar-refractivity contribution is -0.131. The van der Waals surface area contributed by atoms with E-state index in [4.69, 9.17) is 9.84 Å². The Bertz CT molecular complexity index is 1460. The number of phenolic OH excluding ortho intramolecular Hbond substituents is 1. The van der Waals surface area contributed by atoms with E-state index in [1.165, 1.54) is 0 Å². The largest absolute Gasteiger partial charge is 0.508 e. The summed E-state index contributed by atoms with van der Waals surface area (Å²) >= 11 is 0. The highest BCUT2D eigenvalue weighted by molar-refractivity contribution is 6.00. The number of aromatic nitrogens is 2. The fourth-order valence-electron chi connectivity index (χ4n) is 4.99. The van der Waals surface area contributed by atoms with Gasteiger partial charge in [-0.15, -0.1) is 0 Å². The van der Waals surface area contributed by atoms with Crippen LogP contribution < -0.4 is 0 Å². The van der Waals surface area contributed by atoms with Crippen LogP contribution in [0.4, 0.5) is 0 Å². The summed E-state index contributed by atoms with van der Waals surface area (Å²) < 4.78 is 7.97. The Morgan fingerprint density at radius 2 is 1.76 bits per heavy atom. The number of hydrogen-bond donors (Lipinski definition) is 2. The van der Waals surface area contributed by atoms with E-state index in [0.29, 0.717) is 0 Å². The summed E-state index contributed by atoms with van der Waals surface area (Å²) in [5, 5.41) is 24.5. The number of rotatable bonds is 7. The van der Waals surface area contributed by atoms with Crippen LogP contribution in [0.2, 0.25) is 0 Å². The zero-order valence-corrected chi connectivity index (χ0v) is 20.8. The van der Waals surface area contributed by atoms with Gasteiger partial charge in [0.2, 0.25) is 0 Å². The number of nitrogens with zero attached hydrogens (tertiary/aromatic N) is 2. The first-order valence-electron chi connectivity index (χ1n) is 12.7. The lowest BCUT2D eigenvalue weighted by Gasteiger charge is -2.23. The van der Waals surface area contributed by atoms with Gasteiger partial charge in [0, 0.05) is 18.1 Å². The fraction of sp³-hybridized carbons (Fsp3) is 0.226. The van der Waals surface area contributed by atoms with Gasteiger partial charge in [0.1, 0.15) is 5.75 Å². The molecule has 1 aromatic heterocycles. The monoisotopic (exact) mass is 494 g/mol. The van der Waals surface area contributed by atoms with Crippen LogP contribution in [0.5, 0.6) is 5.75 Å². The Kier molecular flexibility index (Phi) is 7.19. The van der Waals surface area contributed by atoms with Crippen molar-refractivity contribution in [2.45, 2.75) is 38.8 Å². The first kappa shape index (κ1) is 24.5. The van der Waals surface area contributed by atoms with Gasteiger partial charge in [0.15, 0.2) is 6.23 Å². The normalized spacial score (nSPS) is 16.7. The summed E-state index contributed by atoms with van der Waals surface area (Å²) in [6.45, 7) is 2.89. The molecular weight excluding hydrogens is 464 g/mol. The summed E-state index contributed by atoms with van der Waals surface area (Å²) in [7, 11) is 0. The van der Waals surface area contributed by atoms with E-state index in [1.807, 2.05) is 47.3 Å².